The minimum atomic E-state index is -0.760. The van der Waals surface area contributed by atoms with E-state index in [2.05, 4.69) is 15.3 Å². The number of methoxy groups -OCH3 is 1. The molecule has 6 heteroatoms. The van der Waals surface area contributed by atoms with Gasteiger partial charge in [0, 0.05) is 19.4 Å². The van der Waals surface area contributed by atoms with E-state index in [-0.39, 0.29) is 17.5 Å². The molecule has 1 amide bonds. The lowest BCUT2D eigenvalue weighted by molar-refractivity contribution is -0.147. The largest absolute Gasteiger partial charge is 0.368 e. The van der Waals surface area contributed by atoms with Gasteiger partial charge in [0.2, 0.25) is 0 Å². The quantitative estimate of drug-likeness (QED) is 0.892. The first kappa shape index (κ1) is 16.7. The maximum absolute atomic E-state index is 12.7. The lowest BCUT2D eigenvalue weighted by atomic mass is 9.86. The van der Waals surface area contributed by atoms with Crippen molar-refractivity contribution < 1.29 is 9.53 Å². The van der Waals surface area contributed by atoms with Gasteiger partial charge in [-0.1, -0.05) is 32.1 Å². The number of aromatic amines is 1. The number of carbonyl (C=O) groups excluding carboxylic acids is 1. The maximum atomic E-state index is 12.7. The number of H-pyrrole nitrogens is 1. The van der Waals surface area contributed by atoms with Gasteiger partial charge in [-0.05, 0) is 19.8 Å². The van der Waals surface area contributed by atoms with Crippen LogP contribution in [0, 0.1) is 0 Å². The van der Waals surface area contributed by atoms with Gasteiger partial charge in [0.25, 0.3) is 11.5 Å². The minimum absolute atomic E-state index is 0.115. The molecular formula is C16H25N3O3. The van der Waals surface area contributed by atoms with Crippen LogP contribution in [0.25, 0.3) is 0 Å². The average molecular weight is 307 g/mol. The zero-order chi connectivity index (χ0) is 16.0. The van der Waals surface area contributed by atoms with E-state index < -0.39 is 5.60 Å². The number of aromatic nitrogens is 2. The van der Waals surface area contributed by atoms with E-state index in [9.17, 15) is 9.59 Å². The van der Waals surface area contributed by atoms with Gasteiger partial charge in [0.15, 0.2) is 0 Å². The second-order valence-corrected chi connectivity index (χ2v) is 5.98. The molecule has 1 saturated carbocycles. The van der Waals surface area contributed by atoms with E-state index in [1.807, 2.05) is 6.92 Å². The number of carbonyl (C=O) groups is 1. The first-order chi connectivity index (χ1) is 10.6. The third kappa shape index (κ3) is 3.94. The summed E-state index contributed by atoms with van der Waals surface area (Å²) in [5.41, 5.74) is -0.984. The second-order valence-electron chi connectivity index (χ2n) is 5.98. The summed E-state index contributed by atoms with van der Waals surface area (Å²) >= 11 is 0. The molecule has 1 fully saturated rings. The maximum Gasteiger partial charge on any atom is 0.252 e. The summed E-state index contributed by atoms with van der Waals surface area (Å²) in [6.45, 7) is 1.81. The van der Waals surface area contributed by atoms with Gasteiger partial charge in [-0.25, -0.2) is 4.98 Å². The molecule has 2 rings (SSSR count). The molecule has 122 valence electrons. The van der Waals surface area contributed by atoms with Gasteiger partial charge in [0.05, 0.1) is 6.04 Å². The Labute approximate surface area is 130 Å². The molecule has 0 aliphatic heterocycles. The number of hydrogen-bond donors (Lipinski definition) is 2. The van der Waals surface area contributed by atoms with Crippen molar-refractivity contribution in [2.75, 3.05) is 7.11 Å². The monoisotopic (exact) mass is 307 g/mol. The number of nitrogens with one attached hydrogen (secondary N) is 2. The molecule has 0 spiro atoms. The van der Waals surface area contributed by atoms with Crippen LogP contribution >= 0.6 is 0 Å². The smallest absolute Gasteiger partial charge is 0.252 e. The normalized spacial score (nSPS) is 19.7. The van der Waals surface area contributed by atoms with Gasteiger partial charge in [-0.2, -0.15) is 0 Å². The third-order valence-corrected chi connectivity index (χ3v) is 4.41. The van der Waals surface area contributed by atoms with E-state index >= 15 is 0 Å². The molecule has 0 radical (unpaired) electrons. The van der Waals surface area contributed by atoms with Crippen molar-refractivity contribution in [3.63, 3.8) is 0 Å². The van der Waals surface area contributed by atoms with Crippen LogP contribution in [-0.2, 0) is 9.53 Å². The third-order valence-electron chi connectivity index (χ3n) is 4.41. The summed E-state index contributed by atoms with van der Waals surface area (Å²) in [6, 6.07) is 0.989. The van der Waals surface area contributed by atoms with Crippen LogP contribution in [-0.4, -0.2) is 28.6 Å². The molecule has 0 bridgehead atoms. The highest BCUT2D eigenvalue weighted by atomic mass is 16.5. The Morgan fingerprint density at radius 3 is 2.55 bits per heavy atom. The predicted molar refractivity (Wildman–Crippen MR) is 83.5 cm³/mol. The highest BCUT2D eigenvalue weighted by Crippen LogP contribution is 2.30. The van der Waals surface area contributed by atoms with Crippen LogP contribution in [0.2, 0.25) is 0 Å². The number of amides is 1. The molecule has 0 saturated heterocycles. The molecule has 2 N–H and O–H groups in total. The summed E-state index contributed by atoms with van der Waals surface area (Å²) in [7, 11) is 1.61. The second kappa shape index (κ2) is 7.54. The van der Waals surface area contributed by atoms with E-state index in [0.717, 1.165) is 38.5 Å². The fraction of sp³-hybridized carbons (Fsp3) is 0.688. The Morgan fingerprint density at radius 2 is 1.95 bits per heavy atom. The molecule has 1 heterocycles. The van der Waals surface area contributed by atoms with Crippen molar-refractivity contribution >= 4 is 5.91 Å². The van der Waals surface area contributed by atoms with Crippen molar-refractivity contribution in [2.24, 2.45) is 0 Å². The Balaban J connectivity index is 2.09. The lowest BCUT2D eigenvalue weighted by Gasteiger charge is -2.33. The van der Waals surface area contributed by atoms with Crippen molar-refractivity contribution in [1.29, 1.82) is 0 Å². The molecule has 1 aromatic rings. The van der Waals surface area contributed by atoms with Crippen LogP contribution in [0.4, 0.5) is 0 Å². The van der Waals surface area contributed by atoms with Crippen LogP contribution in [0.3, 0.4) is 0 Å². The van der Waals surface area contributed by atoms with Crippen molar-refractivity contribution in [3.05, 3.63) is 28.4 Å². The Kier molecular flexibility index (Phi) is 5.71. The summed E-state index contributed by atoms with van der Waals surface area (Å²) in [6.07, 6.45) is 8.42. The number of rotatable bonds is 4. The minimum Gasteiger partial charge on any atom is -0.368 e. The zero-order valence-electron chi connectivity index (χ0n) is 13.4. The van der Waals surface area contributed by atoms with Crippen LogP contribution in [0.5, 0.6) is 0 Å². The molecule has 1 unspecified atom stereocenters. The summed E-state index contributed by atoms with van der Waals surface area (Å²) in [4.78, 5) is 30.8. The van der Waals surface area contributed by atoms with Crippen LogP contribution in [0.1, 0.15) is 63.7 Å². The zero-order valence-corrected chi connectivity index (χ0v) is 13.4. The molecule has 1 aromatic heterocycles. The highest BCUT2D eigenvalue weighted by Gasteiger charge is 2.38. The Morgan fingerprint density at radius 1 is 1.32 bits per heavy atom. The number of nitrogens with zero attached hydrogens (tertiary/aromatic N) is 1. The van der Waals surface area contributed by atoms with Gasteiger partial charge in [-0.15, -0.1) is 0 Å². The average Bonchev–Trinajstić information content (AvgIpc) is 2.47. The Hall–Kier alpha value is -1.69. The van der Waals surface area contributed by atoms with Crippen molar-refractivity contribution in [2.45, 2.75) is 63.5 Å². The first-order valence-electron chi connectivity index (χ1n) is 7.99. The standard InChI is InChI=1S/C16H25N3O3/c1-12(14-17-11-8-13(20)19-14)18-15(21)16(22-2)9-6-4-3-5-7-10-16/h8,11-12H,3-7,9-10H2,1-2H3,(H,18,21)(H,17,19,20). The molecule has 1 aliphatic carbocycles. The first-order valence-corrected chi connectivity index (χ1v) is 7.99. The fourth-order valence-electron chi connectivity index (χ4n) is 3.00. The van der Waals surface area contributed by atoms with Gasteiger partial charge < -0.3 is 15.0 Å². The van der Waals surface area contributed by atoms with Crippen LogP contribution < -0.4 is 10.9 Å². The van der Waals surface area contributed by atoms with Crippen molar-refractivity contribution in [1.82, 2.24) is 15.3 Å². The fourth-order valence-corrected chi connectivity index (χ4v) is 3.00. The van der Waals surface area contributed by atoms with E-state index in [1.165, 1.54) is 18.7 Å². The topological polar surface area (TPSA) is 84.1 Å². The number of hydrogen-bond acceptors (Lipinski definition) is 4. The number of ether oxygens (including phenoxy) is 1. The molecule has 1 atom stereocenters. The van der Waals surface area contributed by atoms with E-state index in [0.29, 0.717) is 5.82 Å². The van der Waals surface area contributed by atoms with E-state index in [1.54, 1.807) is 7.11 Å². The van der Waals surface area contributed by atoms with Crippen molar-refractivity contribution in [3.8, 4) is 0 Å². The summed E-state index contributed by atoms with van der Waals surface area (Å²) < 4.78 is 5.63. The van der Waals surface area contributed by atoms with Gasteiger partial charge in [-0.3, -0.25) is 9.59 Å². The SMILES string of the molecule is COC1(C(=O)NC(C)c2nccc(=O)[nH]2)CCCCCCC1. The van der Waals surface area contributed by atoms with E-state index in [4.69, 9.17) is 4.74 Å². The summed E-state index contributed by atoms with van der Waals surface area (Å²) in [5.74, 6) is 0.342. The van der Waals surface area contributed by atoms with Gasteiger partial charge >= 0.3 is 0 Å². The molecule has 22 heavy (non-hydrogen) atoms. The molecule has 0 aromatic carbocycles. The molecule has 1 aliphatic rings. The summed E-state index contributed by atoms with van der Waals surface area (Å²) in [5, 5.41) is 2.94. The predicted octanol–water partition coefficient (Wildman–Crippen LogP) is 2.08. The Bertz CT molecular complexity index is 548. The highest BCUT2D eigenvalue weighted by molar-refractivity contribution is 5.85. The van der Waals surface area contributed by atoms with Crippen LogP contribution in [0.15, 0.2) is 17.1 Å². The lowest BCUT2D eigenvalue weighted by Crippen LogP contribution is -2.49. The molecule has 6 nitrogen and oxygen atoms in total. The van der Waals surface area contributed by atoms with Gasteiger partial charge in [0.1, 0.15) is 11.4 Å². The molecular weight excluding hydrogens is 282 g/mol.